The predicted octanol–water partition coefficient (Wildman–Crippen LogP) is 9.76. The second kappa shape index (κ2) is 12.9. The van der Waals surface area contributed by atoms with Gasteiger partial charge in [0.1, 0.15) is 6.17 Å². The van der Waals surface area contributed by atoms with Crippen molar-refractivity contribution in [1.82, 2.24) is 0 Å². The molecule has 0 radical (unpaired) electrons. The first-order valence-corrected chi connectivity index (χ1v) is 14.8. The van der Waals surface area contributed by atoms with E-state index in [0.717, 1.165) is 63.2 Å². The first kappa shape index (κ1) is 26.2. The van der Waals surface area contributed by atoms with Gasteiger partial charge in [0.05, 0.1) is 10.8 Å². The Balaban J connectivity index is 1.34. The smallest absolute Gasteiger partial charge is 0.151 e. The molecular weight excluding hydrogens is 395 g/mol. The van der Waals surface area contributed by atoms with Crippen molar-refractivity contribution in [2.24, 2.45) is 22.7 Å². The summed E-state index contributed by atoms with van der Waals surface area (Å²) in [6.07, 6.45) is 25.8. The van der Waals surface area contributed by atoms with Crippen LogP contribution in [0, 0.1) is 22.7 Å². The fourth-order valence-electron chi connectivity index (χ4n) is 7.53. The molecule has 0 N–H and O–H groups in total. The molecule has 1 nitrogen and oxygen atoms in total. The lowest BCUT2D eigenvalue weighted by Crippen LogP contribution is -2.69. The lowest BCUT2D eigenvalue weighted by atomic mass is 9.41. The average molecular weight is 449 g/mol. The third-order valence-corrected chi connectivity index (χ3v) is 9.80. The molecule has 2 heteroatoms. The van der Waals surface area contributed by atoms with E-state index in [1.54, 1.807) is 0 Å². The van der Waals surface area contributed by atoms with E-state index in [0.29, 0.717) is 5.78 Å². The molecule has 2 spiro atoms. The molecule has 3 aliphatic carbocycles. The number of carbonyl (C=O) groups excluding carboxylic acids is 1. The Labute approximate surface area is 199 Å². The van der Waals surface area contributed by atoms with E-state index >= 15 is 4.39 Å². The highest BCUT2D eigenvalue weighted by molar-refractivity contribution is 5.98. The minimum absolute atomic E-state index is 0.355. The van der Waals surface area contributed by atoms with Gasteiger partial charge in [0.2, 0.25) is 0 Å². The van der Waals surface area contributed by atoms with E-state index in [4.69, 9.17) is 0 Å². The van der Waals surface area contributed by atoms with Crippen LogP contribution in [-0.4, -0.2) is 12.0 Å². The predicted molar refractivity (Wildman–Crippen MR) is 135 cm³/mol. The molecule has 0 amide bonds. The molecule has 0 saturated heterocycles. The Morgan fingerprint density at radius 3 is 1.31 bits per heavy atom. The van der Waals surface area contributed by atoms with Crippen LogP contribution < -0.4 is 0 Å². The molecule has 0 aromatic rings. The summed E-state index contributed by atoms with van der Waals surface area (Å²) in [7, 11) is 0. The monoisotopic (exact) mass is 448 g/mol. The Kier molecular flexibility index (Phi) is 10.6. The summed E-state index contributed by atoms with van der Waals surface area (Å²) in [4.78, 5) is 13.4. The van der Waals surface area contributed by atoms with Gasteiger partial charge in [-0.2, -0.15) is 0 Å². The first-order chi connectivity index (χ1) is 15.6. The highest BCUT2D eigenvalue weighted by Crippen LogP contribution is 2.65. The maximum absolute atomic E-state index is 15.7. The van der Waals surface area contributed by atoms with Gasteiger partial charge in [-0.05, 0) is 63.2 Å². The Morgan fingerprint density at radius 1 is 0.625 bits per heavy atom. The maximum Gasteiger partial charge on any atom is 0.151 e. The van der Waals surface area contributed by atoms with Crippen molar-refractivity contribution < 1.29 is 9.18 Å². The molecule has 0 bridgehead atoms. The van der Waals surface area contributed by atoms with E-state index < -0.39 is 17.0 Å². The van der Waals surface area contributed by atoms with Crippen LogP contribution in [-0.2, 0) is 4.79 Å². The van der Waals surface area contributed by atoms with Crippen molar-refractivity contribution in [1.29, 1.82) is 0 Å². The molecule has 0 unspecified atom stereocenters. The number of alkyl halides is 1. The highest BCUT2D eigenvalue weighted by Gasteiger charge is 2.71. The summed E-state index contributed by atoms with van der Waals surface area (Å²) in [6.45, 7) is 4.54. The number of hydrogen-bond donors (Lipinski definition) is 0. The SMILES string of the molecule is CCCCCCCCC1CC[C@]2(CC1)C(=O)[C@@]1(CCC(CCCCCCCC)CC1)C2F. The number of hydrogen-bond acceptors (Lipinski definition) is 1. The zero-order valence-corrected chi connectivity index (χ0v) is 21.6. The highest BCUT2D eigenvalue weighted by atomic mass is 19.1. The third kappa shape index (κ3) is 5.99. The molecule has 32 heavy (non-hydrogen) atoms. The Morgan fingerprint density at radius 2 is 0.969 bits per heavy atom. The van der Waals surface area contributed by atoms with Crippen LogP contribution in [0.3, 0.4) is 0 Å². The van der Waals surface area contributed by atoms with Gasteiger partial charge >= 0.3 is 0 Å². The summed E-state index contributed by atoms with van der Waals surface area (Å²) in [5.74, 6) is 1.85. The van der Waals surface area contributed by atoms with E-state index in [1.165, 1.54) is 89.9 Å². The maximum atomic E-state index is 15.7. The molecular formula is C30H53FO. The fourth-order valence-corrected chi connectivity index (χ4v) is 7.53. The molecule has 3 saturated carbocycles. The third-order valence-electron chi connectivity index (χ3n) is 9.80. The number of carbonyl (C=O) groups is 1. The van der Waals surface area contributed by atoms with Gasteiger partial charge in [-0.3, -0.25) is 4.79 Å². The molecule has 3 aliphatic rings. The zero-order valence-electron chi connectivity index (χ0n) is 21.6. The van der Waals surface area contributed by atoms with E-state index in [2.05, 4.69) is 13.8 Å². The molecule has 0 atom stereocenters. The topological polar surface area (TPSA) is 17.1 Å². The second-order valence-corrected chi connectivity index (χ2v) is 12.0. The van der Waals surface area contributed by atoms with Crippen LogP contribution in [0.4, 0.5) is 4.39 Å². The lowest BCUT2D eigenvalue weighted by molar-refractivity contribution is -0.193. The quantitative estimate of drug-likeness (QED) is 0.242. The normalized spacial score (nSPS) is 34.8. The number of ketones is 1. The number of halogens is 1. The molecule has 0 aromatic heterocycles. The number of unbranched alkanes of at least 4 members (excludes halogenated alkanes) is 10. The van der Waals surface area contributed by atoms with Gasteiger partial charge in [0.25, 0.3) is 0 Å². The number of rotatable bonds is 14. The summed E-state index contributed by atoms with van der Waals surface area (Å²) >= 11 is 0. The van der Waals surface area contributed by atoms with Crippen molar-refractivity contribution in [2.45, 2.75) is 161 Å². The summed E-state index contributed by atoms with van der Waals surface area (Å²) in [5, 5.41) is 0. The molecule has 0 heterocycles. The van der Waals surface area contributed by atoms with Crippen LogP contribution in [0.25, 0.3) is 0 Å². The Hall–Kier alpha value is -0.400. The molecule has 3 rings (SSSR count). The summed E-state index contributed by atoms with van der Waals surface area (Å²) in [5.41, 5.74) is -1.13. The van der Waals surface area contributed by atoms with Gasteiger partial charge in [-0.25, -0.2) is 4.39 Å². The molecule has 0 aromatic carbocycles. The van der Waals surface area contributed by atoms with Crippen molar-refractivity contribution in [2.75, 3.05) is 0 Å². The van der Waals surface area contributed by atoms with Crippen LogP contribution in [0.15, 0.2) is 0 Å². The van der Waals surface area contributed by atoms with E-state index in [9.17, 15) is 4.79 Å². The summed E-state index contributed by atoms with van der Waals surface area (Å²) in [6, 6.07) is 0. The van der Waals surface area contributed by atoms with Crippen LogP contribution in [0.5, 0.6) is 0 Å². The van der Waals surface area contributed by atoms with Crippen LogP contribution in [0.1, 0.15) is 155 Å². The van der Waals surface area contributed by atoms with Gasteiger partial charge in [-0.1, -0.05) is 104 Å². The second-order valence-electron chi connectivity index (χ2n) is 12.0. The largest absolute Gasteiger partial charge is 0.298 e. The standard InChI is InChI=1S/C30H53FO/c1-3-5-7-9-11-13-15-25-17-21-29(22-18-25)27(31)30(28(29)32)23-19-26(20-24-30)16-14-12-10-8-6-4-2/h25-27H,3-24H2,1-2H3/t25?,26?,27?,29-,30-. The average Bonchev–Trinajstić information content (AvgIpc) is 2.83. The fraction of sp³-hybridized carbons (Fsp3) is 0.967. The minimum atomic E-state index is -0.840. The first-order valence-electron chi connectivity index (χ1n) is 14.8. The van der Waals surface area contributed by atoms with E-state index in [-0.39, 0.29) is 0 Å². The van der Waals surface area contributed by atoms with Crippen molar-refractivity contribution >= 4 is 5.78 Å². The van der Waals surface area contributed by atoms with Crippen molar-refractivity contribution in [3.63, 3.8) is 0 Å². The van der Waals surface area contributed by atoms with Crippen molar-refractivity contribution in [3.05, 3.63) is 0 Å². The summed E-state index contributed by atoms with van der Waals surface area (Å²) < 4.78 is 15.7. The minimum Gasteiger partial charge on any atom is -0.298 e. The van der Waals surface area contributed by atoms with Crippen LogP contribution in [0.2, 0.25) is 0 Å². The van der Waals surface area contributed by atoms with E-state index in [1.807, 2.05) is 0 Å². The van der Waals surface area contributed by atoms with Gasteiger partial charge in [0, 0.05) is 0 Å². The van der Waals surface area contributed by atoms with Gasteiger partial charge in [-0.15, -0.1) is 0 Å². The van der Waals surface area contributed by atoms with Crippen LogP contribution >= 0.6 is 0 Å². The molecule has 186 valence electrons. The lowest BCUT2D eigenvalue weighted by Gasteiger charge is -2.61. The van der Waals surface area contributed by atoms with Gasteiger partial charge < -0.3 is 0 Å². The Bertz CT molecular complexity index is 493. The van der Waals surface area contributed by atoms with Gasteiger partial charge in [0.15, 0.2) is 5.78 Å². The molecule has 0 aliphatic heterocycles. The number of Topliss-reactive ketones (excluding diaryl/α,β-unsaturated/α-hetero) is 1. The van der Waals surface area contributed by atoms with Crippen molar-refractivity contribution in [3.8, 4) is 0 Å². The molecule has 3 fully saturated rings. The zero-order chi connectivity index (χ0) is 22.9.